The molecule has 0 spiro atoms. The third-order valence-corrected chi connectivity index (χ3v) is 3.59. The van der Waals surface area contributed by atoms with Crippen LogP contribution in [0.1, 0.15) is 18.0 Å². The summed E-state index contributed by atoms with van der Waals surface area (Å²) in [6.45, 7) is 1.43. The zero-order valence-corrected chi connectivity index (χ0v) is 13.2. The van der Waals surface area contributed by atoms with Gasteiger partial charge in [-0.05, 0) is 33.6 Å². The van der Waals surface area contributed by atoms with E-state index in [0.29, 0.717) is 30.3 Å². The van der Waals surface area contributed by atoms with Crippen molar-refractivity contribution in [1.82, 2.24) is 5.32 Å². The van der Waals surface area contributed by atoms with E-state index in [-0.39, 0.29) is 6.54 Å². The van der Waals surface area contributed by atoms with E-state index >= 15 is 0 Å². The third kappa shape index (κ3) is 3.69. The predicted octanol–water partition coefficient (Wildman–Crippen LogP) is 2.05. The van der Waals surface area contributed by atoms with Crippen LogP contribution in [0.2, 0.25) is 0 Å². The topological polar surface area (TPSA) is 56.8 Å². The van der Waals surface area contributed by atoms with Gasteiger partial charge in [-0.3, -0.25) is 5.32 Å². The van der Waals surface area contributed by atoms with Crippen molar-refractivity contribution in [2.75, 3.05) is 26.9 Å². The summed E-state index contributed by atoms with van der Waals surface area (Å²) in [5, 5.41) is 2.96. The molecule has 1 N–H and O–H groups in total. The minimum Gasteiger partial charge on any atom is -0.490 e. The number of carbonyl (C=O) groups excluding carboxylic acids is 1. The number of hydrogen-bond acceptors (Lipinski definition) is 5. The van der Waals surface area contributed by atoms with Crippen molar-refractivity contribution in [2.45, 2.75) is 12.5 Å². The average Bonchev–Trinajstić information content (AvgIpc) is 2.73. The monoisotopic (exact) mass is 353 g/mol. The van der Waals surface area contributed by atoms with Crippen molar-refractivity contribution < 1.29 is 19.0 Å². The van der Waals surface area contributed by atoms with Gasteiger partial charge in [-0.25, -0.2) is 4.79 Å². The molecule has 1 unspecified atom stereocenters. The van der Waals surface area contributed by atoms with Crippen molar-refractivity contribution in [3.8, 4) is 23.8 Å². The third-order valence-electron chi connectivity index (χ3n) is 3.00. The van der Waals surface area contributed by atoms with E-state index in [9.17, 15) is 4.79 Å². The Bertz CT molecular complexity index is 568. The van der Waals surface area contributed by atoms with Gasteiger partial charge in [-0.2, -0.15) is 0 Å². The molecule has 5 nitrogen and oxygen atoms in total. The van der Waals surface area contributed by atoms with Gasteiger partial charge in [0, 0.05) is 6.42 Å². The first kappa shape index (κ1) is 15.7. The summed E-state index contributed by atoms with van der Waals surface area (Å²) in [6, 6.07) is 2.93. The number of terminal acetylenes is 1. The highest BCUT2D eigenvalue weighted by Crippen LogP contribution is 2.39. The van der Waals surface area contributed by atoms with Gasteiger partial charge in [0.15, 0.2) is 11.5 Å². The molecule has 2 rings (SSSR count). The summed E-state index contributed by atoms with van der Waals surface area (Å²) in [4.78, 5) is 11.9. The summed E-state index contributed by atoms with van der Waals surface area (Å²) < 4.78 is 16.8. The highest BCUT2D eigenvalue weighted by atomic mass is 79.9. The minimum absolute atomic E-state index is 0.256. The molecule has 1 aliphatic rings. The molecule has 21 heavy (non-hydrogen) atoms. The Morgan fingerprint density at radius 3 is 3.00 bits per heavy atom. The lowest BCUT2D eigenvalue weighted by Crippen LogP contribution is -2.30. The summed E-state index contributed by atoms with van der Waals surface area (Å²) in [5.74, 6) is 3.29. The van der Waals surface area contributed by atoms with Crippen molar-refractivity contribution >= 4 is 21.9 Å². The van der Waals surface area contributed by atoms with E-state index < -0.39 is 12.0 Å². The molecular weight excluding hydrogens is 338 g/mol. The van der Waals surface area contributed by atoms with Crippen molar-refractivity contribution in [2.24, 2.45) is 0 Å². The van der Waals surface area contributed by atoms with Crippen LogP contribution in [-0.4, -0.2) is 32.8 Å². The highest BCUT2D eigenvalue weighted by molar-refractivity contribution is 9.10. The molecule has 1 heterocycles. The maximum atomic E-state index is 11.9. The number of ether oxygens (including phenoxy) is 3. The Morgan fingerprint density at radius 2 is 2.29 bits per heavy atom. The first-order valence-corrected chi connectivity index (χ1v) is 7.30. The number of rotatable bonds is 4. The van der Waals surface area contributed by atoms with Crippen molar-refractivity contribution in [3.05, 3.63) is 22.2 Å². The molecule has 0 radical (unpaired) electrons. The molecular formula is C15H16BrNO4. The number of benzene rings is 1. The Labute approximate surface area is 132 Å². The first-order valence-electron chi connectivity index (χ1n) is 6.51. The lowest BCUT2D eigenvalue weighted by molar-refractivity contribution is -0.143. The van der Waals surface area contributed by atoms with Gasteiger partial charge in [0.2, 0.25) is 0 Å². The van der Waals surface area contributed by atoms with E-state index in [1.807, 2.05) is 0 Å². The smallest absolute Gasteiger partial charge is 0.327 e. The Morgan fingerprint density at radius 1 is 1.52 bits per heavy atom. The molecule has 1 atom stereocenters. The minimum atomic E-state index is -0.653. The molecule has 0 aliphatic carbocycles. The van der Waals surface area contributed by atoms with Crippen LogP contribution in [0, 0.1) is 12.3 Å². The zero-order valence-electron chi connectivity index (χ0n) is 11.6. The van der Waals surface area contributed by atoms with Crippen LogP contribution in [0.25, 0.3) is 0 Å². The largest absolute Gasteiger partial charge is 0.490 e. The fourth-order valence-corrected chi connectivity index (χ4v) is 2.61. The highest BCUT2D eigenvalue weighted by Gasteiger charge is 2.24. The fourth-order valence-electron chi connectivity index (χ4n) is 2.03. The van der Waals surface area contributed by atoms with Gasteiger partial charge in [-0.1, -0.05) is 5.92 Å². The van der Waals surface area contributed by atoms with Crippen LogP contribution in [0.4, 0.5) is 0 Å². The van der Waals surface area contributed by atoms with Crippen molar-refractivity contribution in [3.63, 3.8) is 0 Å². The van der Waals surface area contributed by atoms with Crippen molar-refractivity contribution in [1.29, 1.82) is 0 Å². The molecule has 0 bridgehead atoms. The van der Waals surface area contributed by atoms with Crippen LogP contribution >= 0.6 is 15.9 Å². The lowest BCUT2D eigenvalue weighted by Gasteiger charge is -2.18. The van der Waals surface area contributed by atoms with Crippen LogP contribution in [0.5, 0.6) is 11.5 Å². The fraction of sp³-hybridized carbons (Fsp3) is 0.400. The normalized spacial score (nSPS) is 14.7. The van der Waals surface area contributed by atoms with Gasteiger partial charge < -0.3 is 14.2 Å². The van der Waals surface area contributed by atoms with Gasteiger partial charge >= 0.3 is 5.97 Å². The standard InChI is InChI=1S/C15H16BrNO4/c1-3-5-17-13(15(18)19-2)10-8-11(16)14-12(9-10)20-6-4-7-21-14/h1,8-9,13,17H,4-7H2,2H3. The molecule has 0 fully saturated rings. The number of fused-ring (bicyclic) bond motifs is 1. The second-order valence-electron chi connectivity index (χ2n) is 4.42. The molecule has 0 amide bonds. The predicted molar refractivity (Wildman–Crippen MR) is 81.3 cm³/mol. The van der Waals surface area contributed by atoms with Crippen LogP contribution in [-0.2, 0) is 9.53 Å². The summed E-state index contributed by atoms with van der Waals surface area (Å²) in [7, 11) is 1.34. The second kappa shape index (κ2) is 7.34. The molecule has 1 aromatic rings. The van der Waals surface area contributed by atoms with E-state index in [4.69, 9.17) is 20.6 Å². The number of halogens is 1. The van der Waals surface area contributed by atoms with Crippen LogP contribution in [0.3, 0.4) is 0 Å². The number of hydrogen-bond donors (Lipinski definition) is 1. The first-order chi connectivity index (χ1) is 10.2. The summed E-state index contributed by atoms with van der Waals surface area (Å²) >= 11 is 3.45. The molecule has 1 aromatic carbocycles. The van der Waals surface area contributed by atoms with E-state index in [0.717, 1.165) is 10.9 Å². The number of esters is 1. The molecule has 0 aromatic heterocycles. The SMILES string of the molecule is C#CCNC(C(=O)OC)c1cc(Br)c2c(c1)OCCCO2. The number of nitrogens with one attached hydrogen (secondary N) is 1. The Balaban J connectivity index is 2.37. The summed E-state index contributed by atoms with van der Waals surface area (Å²) in [6.07, 6.45) is 6.05. The van der Waals surface area contributed by atoms with E-state index in [1.165, 1.54) is 7.11 Å². The van der Waals surface area contributed by atoms with Gasteiger partial charge in [-0.15, -0.1) is 6.42 Å². The van der Waals surface area contributed by atoms with E-state index in [2.05, 4.69) is 27.2 Å². The average molecular weight is 354 g/mol. The van der Waals surface area contributed by atoms with E-state index in [1.54, 1.807) is 12.1 Å². The molecule has 112 valence electrons. The molecule has 1 aliphatic heterocycles. The van der Waals surface area contributed by atoms with Gasteiger partial charge in [0.05, 0.1) is 31.3 Å². The molecule has 0 saturated carbocycles. The maximum Gasteiger partial charge on any atom is 0.327 e. The Hall–Kier alpha value is -1.71. The molecule has 0 saturated heterocycles. The number of methoxy groups -OCH3 is 1. The quantitative estimate of drug-likeness (QED) is 0.663. The van der Waals surface area contributed by atoms with Gasteiger partial charge in [0.25, 0.3) is 0 Å². The van der Waals surface area contributed by atoms with Gasteiger partial charge in [0.1, 0.15) is 6.04 Å². The Kier molecular flexibility index (Phi) is 5.48. The zero-order chi connectivity index (χ0) is 15.2. The van der Waals surface area contributed by atoms with Crippen LogP contribution in [0.15, 0.2) is 16.6 Å². The van der Waals surface area contributed by atoms with Crippen LogP contribution < -0.4 is 14.8 Å². The second-order valence-corrected chi connectivity index (χ2v) is 5.28. The maximum absolute atomic E-state index is 11.9. The lowest BCUT2D eigenvalue weighted by atomic mass is 10.1. The summed E-state index contributed by atoms with van der Waals surface area (Å²) in [5.41, 5.74) is 0.702. The molecule has 6 heteroatoms. The number of carbonyl (C=O) groups is 1.